The van der Waals surface area contributed by atoms with Crippen LogP contribution < -0.4 is 5.32 Å². The van der Waals surface area contributed by atoms with Crippen LogP contribution >= 0.6 is 0 Å². The largest absolute Gasteiger partial charge is 0.320 e. The molecule has 1 aromatic carbocycles. The van der Waals surface area contributed by atoms with E-state index in [9.17, 15) is 24.5 Å². The monoisotopic (exact) mass is 347 g/mol. The summed E-state index contributed by atoms with van der Waals surface area (Å²) in [6, 6.07) is 5.80. The number of para-hydroxylation sites is 2. The van der Waals surface area contributed by atoms with Gasteiger partial charge in [-0.2, -0.15) is 0 Å². The molecule has 0 spiro atoms. The Kier molecular flexibility index (Phi) is 5.51. The Morgan fingerprint density at radius 1 is 1.28 bits per heavy atom. The first-order valence-electron chi connectivity index (χ1n) is 8.22. The highest BCUT2D eigenvalue weighted by molar-refractivity contribution is 6.06. The van der Waals surface area contributed by atoms with Crippen LogP contribution in [0.5, 0.6) is 0 Å². The summed E-state index contributed by atoms with van der Waals surface area (Å²) >= 11 is 0. The van der Waals surface area contributed by atoms with E-state index in [0.717, 1.165) is 4.90 Å². The number of amides is 3. The first-order chi connectivity index (χ1) is 11.8. The fourth-order valence-corrected chi connectivity index (χ4v) is 3.05. The first-order valence-corrected chi connectivity index (χ1v) is 8.22. The molecule has 0 bridgehead atoms. The predicted molar refractivity (Wildman–Crippen MR) is 90.7 cm³/mol. The van der Waals surface area contributed by atoms with Gasteiger partial charge in [0.25, 0.3) is 5.69 Å². The molecule has 1 saturated heterocycles. The van der Waals surface area contributed by atoms with Crippen molar-refractivity contribution >= 4 is 29.1 Å². The van der Waals surface area contributed by atoms with E-state index in [1.54, 1.807) is 6.07 Å². The molecule has 3 amide bonds. The van der Waals surface area contributed by atoms with Crippen LogP contribution in [0.15, 0.2) is 24.3 Å². The Labute approximate surface area is 145 Å². The summed E-state index contributed by atoms with van der Waals surface area (Å²) in [4.78, 5) is 48.2. The molecule has 0 saturated carbocycles. The number of nitro groups is 1. The van der Waals surface area contributed by atoms with E-state index in [-0.39, 0.29) is 42.6 Å². The summed E-state index contributed by atoms with van der Waals surface area (Å²) in [5, 5.41) is 13.4. The molecule has 1 aliphatic heterocycles. The van der Waals surface area contributed by atoms with E-state index in [4.69, 9.17) is 0 Å². The quantitative estimate of drug-likeness (QED) is 0.463. The number of carbonyl (C=O) groups is 3. The van der Waals surface area contributed by atoms with Crippen LogP contribution in [0.4, 0.5) is 11.4 Å². The van der Waals surface area contributed by atoms with Crippen LogP contribution in [0.25, 0.3) is 0 Å². The lowest BCUT2D eigenvalue weighted by Gasteiger charge is -2.23. The van der Waals surface area contributed by atoms with Crippen molar-refractivity contribution in [2.24, 2.45) is 5.41 Å². The molecule has 0 atom stereocenters. The Hall–Kier alpha value is -2.77. The van der Waals surface area contributed by atoms with E-state index in [1.807, 2.05) is 13.8 Å². The van der Waals surface area contributed by atoms with Crippen LogP contribution in [0, 0.1) is 15.5 Å². The molecular formula is C17H21N3O5. The second-order valence-electron chi connectivity index (χ2n) is 6.09. The maximum Gasteiger partial charge on any atom is 0.292 e. The van der Waals surface area contributed by atoms with E-state index >= 15 is 0 Å². The molecule has 2 rings (SSSR count). The lowest BCUT2D eigenvalue weighted by atomic mass is 9.81. The Bertz CT molecular complexity index is 712. The topological polar surface area (TPSA) is 110 Å². The zero-order valence-corrected chi connectivity index (χ0v) is 14.3. The normalized spacial score (nSPS) is 16.2. The molecule has 0 unspecified atom stereocenters. The van der Waals surface area contributed by atoms with Crippen molar-refractivity contribution in [3.63, 3.8) is 0 Å². The number of likely N-dealkylation sites (tertiary alicyclic amines) is 1. The maximum atomic E-state index is 12.5. The molecule has 1 heterocycles. The summed E-state index contributed by atoms with van der Waals surface area (Å²) in [6.07, 6.45) is 1.22. The molecule has 0 aromatic heterocycles. The third-order valence-corrected chi connectivity index (χ3v) is 4.78. The molecular weight excluding hydrogens is 326 g/mol. The molecule has 1 aromatic rings. The SMILES string of the molecule is CCC1(CC)CC(=O)N(CCC(=O)Nc2ccccc2[N+](=O)[O-])C1=O. The molecule has 25 heavy (non-hydrogen) atoms. The van der Waals surface area contributed by atoms with Gasteiger partial charge in [0.15, 0.2) is 0 Å². The van der Waals surface area contributed by atoms with Gasteiger partial charge in [-0.15, -0.1) is 0 Å². The number of anilines is 1. The third kappa shape index (κ3) is 3.67. The minimum absolute atomic E-state index is 0.0219. The number of rotatable bonds is 7. The highest BCUT2D eigenvalue weighted by Gasteiger charge is 2.48. The van der Waals surface area contributed by atoms with Gasteiger partial charge in [0.05, 0.1) is 10.3 Å². The van der Waals surface area contributed by atoms with Crippen LogP contribution in [0.2, 0.25) is 0 Å². The standard InChI is InChI=1S/C17H21N3O5/c1-3-17(4-2)11-15(22)19(16(17)23)10-9-14(21)18-12-7-5-6-8-13(12)20(24)25/h5-8H,3-4,9-11H2,1-2H3,(H,18,21). The van der Waals surface area contributed by atoms with Crippen molar-refractivity contribution in [3.05, 3.63) is 34.4 Å². The zero-order chi connectivity index (χ0) is 18.6. The number of nitro benzene ring substituents is 1. The van der Waals surface area contributed by atoms with E-state index in [1.165, 1.54) is 18.2 Å². The van der Waals surface area contributed by atoms with Crippen molar-refractivity contribution in [2.45, 2.75) is 39.5 Å². The fourth-order valence-electron chi connectivity index (χ4n) is 3.05. The molecule has 1 N–H and O–H groups in total. The van der Waals surface area contributed by atoms with Crippen molar-refractivity contribution in [3.8, 4) is 0 Å². The second kappa shape index (κ2) is 7.42. The predicted octanol–water partition coefficient (Wildman–Crippen LogP) is 2.49. The van der Waals surface area contributed by atoms with E-state index in [2.05, 4.69) is 5.32 Å². The van der Waals surface area contributed by atoms with Crippen molar-refractivity contribution < 1.29 is 19.3 Å². The molecule has 1 aliphatic rings. The molecule has 8 nitrogen and oxygen atoms in total. The summed E-state index contributed by atoms with van der Waals surface area (Å²) in [5.74, 6) is -0.992. The Balaban J connectivity index is 2.00. The molecule has 1 fully saturated rings. The Morgan fingerprint density at radius 2 is 1.92 bits per heavy atom. The maximum absolute atomic E-state index is 12.5. The highest BCUT2D eigenvalue weighted by Crippen LogP contribution is 2.39. The minimum Gasteiger partial charge on any atom is -0.320 e. The van der Waals surface area contributed by atoms with Gasteiger partial charge in [-0.25, -0.2) is 0 Å². The number of hydrogen-bond donors (Lipinski definition) is 1. The van der Waals surface area contributed by atoms with Crippen molar-refractivity contribution in [2.75, 3.05) is 11.9 Å². The third-order valence-electron chi connectivity index (χ3n) is 4.78. The summed E-state index contributed by atoms with van der Waals surface area (Å²) in [7, 11) is 0. The Morgan fingerprint density at radius 3 is 2.48 bits per heavy atom. The summed E-state index contributed by atoms with van der Waals surface area (Å²) in [5.41, 5.74) is -0.778. The van der Waals surface area contributed by atoms with Crippen LogP contribution in [-0.2, 0) is 14.4 Å². The molecule has 134 valence electrons. The minimum atomic E-state index is -0.661. The second-order valence-corrected chi connectivity index (χ2v) is 6.09. The van der Waals surface area contributed by atoms with Gasteiger partial charge < -0.3 is 5.32 Å². The zero-order valence-electron chi connectivity index (χ0n) is 14.3. The number of benzene rings is 1. The molecule has 0 aliphatic carbocycles. The number of nitrogens with zero attached hydrogens (tertiary/aromatic N) is 2. The van der Waals surface area contributed by atoms with Gasteiger partial charge in [-0.05, 0) is 18.9 Å². The van der Waals surface area contributed by atoms with Gasteiger partial charge in [-0.1, -0.05) is 26.0 Å². The lowest BCUT2D eigenvalue weighted by molar-refractivity contribution is -0.383. The average molecular weight is 347 g/mol. The summed E-state index contributed by atoms with van der Waals surface area (Å²) in [6.45, 7) is 3.73. The molecule has 0 radical (unpaired) electrons. The molecule has 8 heteroatoms. The van der Waals surface area contributed by atoms with Gasteiger partial charge in [0.2, 0.25) is 17.7 Å². The number of nitrogens with one attached hydrogen (secondary N) is 1. The van der Waals surface area contributed by atoms with Crippen molar-refractivity contribution in [1.82, 2.24) is 4.90 Å². The number of hydrogen-bond acceptors (Lipinski definition) is 5. The van der Waals surface area contributed by atoms with Gasteiger partial charge in [-0.3, -0.25) is 29.4 Å². The van der Waals surface area contributed by atoms with E-state index < -0.39 is 16.2 Å². The van der Waals surface area contributed by atoms with Crippen LogP contribution in [0.3, 0.4) is 0 Å². The first kappa shape index (κ1) is 18.6. The van der Waals surface area contributed by atoms with Gasteiger partial charge in [0, 0.05) is 25.5 Å². The highest BCUT2D eigenvalue weighted by atomic mass is 16.6. The van der Waals surface area contributed by atoms with Gasteiger partial charge in [0.1, 0.15) is 5.69 Å². The van der Waals surface area contributed by atoms with E-state index in [0.29, 0.717) is 12.8 Å². The van der Waals surface area contributed by atoms with Crippen molar-refractivity contribution in [1.29, 1.82) is 0 Å². The van der Waals surface area contributed by atoms with Crippen LogP contribution in [-0.4, -0.2) is 34.1 Å². The lowest BCUT2D eigenvalue weighted by Crippen LogP contribution is -2.37. The number of imide groups is 1. The summed E-state index contributed by atoms with van der Waals surface area (Å²) < 4.78 is 0. The fraction of sp³-hybridized carbons (Fsp3) is 0.471. The smallest absolute Gasteiger partial charge is 0.292 e. The number of carbonyl (C=O) groups excluding carboxylic acids is 3. The average Bonchev–Trinajstić information content (AvgIpc) is 2.84. The van der Waals surface area contributed by atoms with Gasteiger partial charge >= 0.3 is 0 Å². The van der Waals surface area contributed by atoms with Crippen LogP contribution in [0.1, 0.15) is 39.5 Å².